The van der Waals surface area contributed by atoms with E-state index >= 15 is 0 Å². The Hall–Kier alpha value is -0.516. The van der Waals surface area contributed by atoms with Crippen molar-refractivity contribution in [1.82, 2.24) is 0 Å². The molecule has 0 aromatic heterocycles. The fourth-order valence-corrected chi connectivity index (χ4v) is 3.99. The number of ether oxygens (including phenoxy) is 1. The zero-order valence-corrected chi connectivity index (χ0v) is 19.6. The molecule has 0 heterocycles. The highest BCUT2D eigenvalue weighted by Crippen LogP contribution is 2.49. The molecule has 0 aromatic carbocycles. The van der Waals surface area contributed by atoms with E-state index in [1.807, 2.05) is 40.7 Å². The number of carbonyl (C=O) groups is 1. The van der Waals surface area contributed by atoms with Crippen LogP contribution in [0.3, 0.4) is 0 Å². The predicted molar refractivity (Wildman–Crippen MR) is 95.8 cm³/mol. The first-order chi connectivity index (χ1) is 10.4. The maximum Gasteiger partial charge on any atom is 0.333 e. The van der Waals surface area contributed by atoms with Gasteiger partial charge in [-0.15, -0.1) is 0 Å². The monoisotopic (exact) mass is 364 g/mol. The molecular weight excluding hydrogens is 332 g/mol. The lowest BCUT2D eigenvalue weighted by molar-refractivity contribution is -0.203. The van der Waals surface area contributed by atoms with E-state index in [9.17, 15) is 9.90 Å². The van der Waals surface area contributed by atoms with E-state index in [-0.39, 0.29) is 6.61 Å². The second-order valence-corrected chi connectivity index (χ2v) is 7.78. The molecule has 6 nitrogen and oxygen atoms in total. The van der Waals surface area contributed by atoms with Crippen LogP contribution < -0.4 is 0 Å². The van der Waals surface area contributed by atoms with Crippen LogP contribution in [0.1, 0.15) is 41.5 Å². The summed E-state index contributed by atoms with van der Waals surface area (Å²) in [5.41, 5.74) is -0.359. The van der Waals surface area contributed by atoms with Gasteiger partial charge < -0.3 is 23.8 Å². The number of hydrogen-bond acceptors (Lipinski definition) is 6. The summed E-state index contributed by atoms with van der Waals surface area (Å²) in [5.74, 6) is -1.23. The van der Waals surface area contributed by atoms with E-state index in [1.165, 1.54) is 0 Å². The zero-order chi connectivity index (χ0) is 18.5. The standard InChI is InChI=1S/C15H32O6Si2/c1-10(12(18)19-9-11(17)8-16)7-13(2,3)14(4,5)15(6,20-22)21-23/h7,11,16-17H,8-9H2,1-6,22-23H3. The van der Waals surface area contributed by atoms with Gasteiger partial charge in [0.1, 0.15) is 39.5 Å². The van der Waals surface area contributed by atoms with Gasteiger partial charge in [-0.2, -0.15) is 0 Å². The maximum atomic E-state index is 12.0. The highest BCUT2D eigenvalue weighted by Gasteiger charge is 2.50. The normalized spacial score (nSPS) is 17.8. The number of esters is 1. The van der Waals surface area contributed by atoms with Crippen molar-refractivity contribution in [2.75, 3.05) is 13.2 Å². The fraction of sp³-hybridized carbons (Fsp3) is 0.800. The Bertz CT molecular complexity index is 430. The highest BCUT2D eigenvalue weighted by atomic mass is 28.2. The Morgan fingerprint density at radius 1 is 1.17 bits per heavy atom. The molecule has 0 bridgehead atoms. The van der Waals surface area contributed by atoms with Gasteiger partial charge in [-0.1, -0.05) is 33.8 Å². The lowest BCUT2D eigenvalue weighted by Crippen LogP contribution is -2.53. The Balaban J connectivity index is 5.31. The second-order valence-electron chi connectivity index (χ2n) is 6.96. The van der Waals surface area contributed by atoms with Crippen molar-refractivity contribution >= 4 is 26.9 Å². The van der Waals surface area contributed by atoms with Gasteiger partial charge in [-0.3, -0.25) is 0 Å². The summed E-state index contributed by atoms with van der Waals surface area (Å²) in [4.78, 5) is 12.0. The van der Waals surface area contributed by atoms with Gasteiger partial charge in [0, 0.05) is 11.0 Å². The summed E-state index contributed by atoms with van der Waals surface area (Å²) in [7, 11) is 1.10. The minimum Gasteiger partial charge on any atom is -0.459 e. The molecule has 2 N–H and O–H groups in total. The molecule has 1 atom stereocenters. The first kappa shape index (κ1) is 22.5. The quantitative estimate of drug-likeness (QED) is 0.241. The molecule has 8 heteroatoms. The van der Waals surface area contributed by atoms with Gasteiger partial charge in [0.2, 0.25) is 0 Å². The maximum absolute atomic E-state index is 12.0. The third-order valence-electron chi connectivity index (χ3n) is 5.04. The van der Waals surface area contributed by atoms with Crippen LogP contribution in [0.25, 0.3) is 0 Å². The number of aliphatic hydroxyl groups excluding tert-OH is 2. The SMILES string of the molecule is CC(=CC(C)(C)C(C)(C)C(C)(O[SiH3])O[SiH3])C(=O)OCC(O)CO. The Labute approximate surface area is 145 Å². The van der Waals surface area contributed by atoms with Crippen LogP contribution in [0.15, 0.2) is 11.6 Å². The Morgan fingerprint density at radius 2 is 1.65 bits per heavy atom. The molecule has 23 heavy (non-hydrogen) atoms. The third kappa shape index (κ3) is 5.23. The van der Waals surface area contributed by atoms with E-state index in [4.69, 9.17) is 18.7 Å². The summed E-state index contributed by atoms with van der Waals surface area (Å²) in [5, 5.41) is 18.0. The minimum absolute atomic E-state index is 0.227. The molecule has 0 spiro atoms. The number of rotatable bonds is 9. The first-order valence-electron chi connectivity index (χ1n) is 7.64. The number of carbonyl (C=O) groups excluding carboxylic acids is 1. The summed E-state index contributed by atoms with van der Waals surface area (Å²) in [6, 6.07) is 0. The molecule has 0 rings (SSSR count). The topological polar surface area (TPSA) is 85.2 Å². The number of hydrogen-bond donors (Lipinski definition) is 2. The van der Waals surface area contributed by atoms with E-state index in [0.717, 1.165) is 0 Å². The molecule has 1 unspecified atom stereocenters. The minimum atomic E-state index is -1.06. The van der Waals surface area contributed by atoms with E-state index in [1.54, 1.807) is 6.92 Å². The van der Waals surface area contributed by atoms with E-state index < -0.39 is 35.3 Å². The first-order valence-corrected chi connectivity index (χ1v) is 9.27. The summed E-state index contributed by atoms with van der Waals surface area (Å²) >= 11 is 0. The molecule has 0 aliphatic rings. The lowest BCUT2D eigenvalue weighted by Gasteiger charge is -2.51. The molecule has 0 saturated heterocycles. The van der Waals surface area contributed by atoms with Crippen molar-refractivity contribution in [2.24, 2.45) is 10.8 Å². The van der Waals surface area contributed by atoms with Crippen LogP contribution >= 0.6 is 0 Å². The van der Waals surface area contributed by atoms with Crippen molar-refractivity contribution in [1.29, 1.82) is 0 Å². The van der Waals surface area contributed by atoms with Crippen LogP contribution in [0.5, 0.6) is 0 Å². The van der Waals surface area contributed by atoms with Crippen molar-refractivity contribution < 1.29 is 28.6 Å². The Kier molecular flexibility index (Phi) is 8.35. The van der Waals surface area contributed by atoms with Crippen molar-refractivity contribution in [3.63, 3.8) is 0 Å². The predicted octanol–water partition coefficient (Wildman–Crippen LogP) is -0.808. The molecule has 0 fully saturated rings. The molecule has 0 radical (unpaired) electrons. The lowest BCUT2D eigenvalue weighted by atomic mass is 9.63. The molecule has 0 saturated carbocycles. The van der Waals surface area contributed by atoms with Gasteiger partial charge in [0.15, 0.2) is 0 Å². The zero-order valence-electron chi connectivity index (χ0n) is 15.6. The van der Waals surface area contributed by atoms with Gasteiger partial charge >= 0.3 is 5.97 Å². The van der Waals surface area contributed by atoms with Crippen molar-refractivity contribution in [3.05, 3.63) is 11.6 Å². The van der Waals surface area contributed by atoms with Gasteiger partial charge in [0.25, 0.3) is 0 Å². The average molecular weight is 365 g/mol. The van der Waals surface area contributed by atoms with E-state index in [2.05, 4.69) is 0 Å². The number of aliphatic hydroxyl groups is 2. The molecule has 0 aliphatic heterocycles. The van der Waals surface area contributed by atoms with Gasteiger partial charge in [-0.05, 0) is 19.3 Å². The van der Waals surface area contributed by atoms with Gasteiger partial charge in [-0.25, -0.2) is 4.79 Å². The summed E-state index contributed by atoms with van der Waals surface area (Å²) < 4.78 is 16.4. The molecule has 0 amide bonds. The van der Waals surface area contributed by atoms with Crippen LogP contribution in [-0.4, -0.2) is 62.3 Å². The second kappa shape index (κ2) is 8.54. The molecular formula is C15H32O6Si2. The fourth-order valence-electron chi connectivity index (χ4n) is 2.30. The molecule has 0 aliphatic carbocycles. The highest BCUT2D eigenvalue weighted by molar-refractivity contribution is 6.00. The smallest absolute Gasteiger partial charge is 0.333 e. The van der Waals surface area contributed by atoms with Crippen LogP contribution in [0.4, 0.5) is 0 Å². The average Bonchev–Trinajstić information content (AvgIpc) is 2.50. The number of allylic oxidation sites excluding steroid dienone is 1. The van der Waals surface area contributed by atoms with Crippen molar-refractivity contribution in [3.8, 4) is 0 Å². The molecule has 0 aromatic rings. The summed E-state index contributed by atoms with van der Waals surface area (Å²) in [6.45, 7) is 11.1. The molecule has 136 valence electrons. The van der Waals surface area contributed by atoms with Crippen molar-refractivity contribution in [2.45, 2.75) is 53.4 Å². The van der Waals surface area contributed by atoms with Crippen LogP contribution in [-0.2, 0) is 18.4 Å². The van der Waals surface area contributed by atoms with Gasteiger partial charge in [0.05, 0.1) is 6.61 Å². The third-order valence-corrected chi connectivity index (χ3v) is 6.60. The van der Waals surface area contributed by atoms with Crippen LogP contribution in [0.2, 0.25) is 0 Å². The summed E-state index contributed by atoms with van der Waals surface area (Å²) in [6.07, 6.45) is 0.788. The van der Waals surface area contributed by atoms with Crippen LogP contribution in [0, 0.1) is 10.8 Å². The van der Waals surface area contributed by atoms with E-state index in [0.29, 0.717) is 26.5 Å². The Morgan fingerprint density at radius 3 is 2.04 bits per heavy atom. The largest absolute Gasteiger partial charge is 0.459 e.